The van der Waals surface area contributed by atoms with Gasteiger partial charge in [-0.1, -0.05) is 19.9 Å². The van der Waals surface area contributed by atoms with Crippen LogP contribution in [0.25, 0.3) is 0 Å². The average Bonchev–Trinajstić information content (AvgIpc) is 2.82. The van der Waals surface area contributed by atoms with Crippen molar-refractivity contribution in [2.24, 2.45) is 0 Å². The van der Waals surface area contributed by atoms with E-state index in [1.54, 1.807) is 0 Å². The van der Waals surface area contributed by atoms with Gasteiger partial charge in [0.2, 0.25) is 0 Å². The van der Waals surface area contributed by atoms with E-state index in [-0.39, 0.29) is 0 Å². The Hall–Kier alpha value is -1.81. The number of hydrogen-bond acceptors (Lipinski definition) is 4. The molecule has 2 aromatic heterocycles. The fourth-order valence-corrected chi connectivity index (χ4v) is 2.10. The normalized spacial score (nSPS) is 11.1. The third-order valence-corrected chi connectivity index (χ3v) is 3.12. The Morgan fingerprint density at radius 3 is 2.75 bits per heavy atom. The lowest BCUT2D eigenvalue weighted by atomic mass is 10.2. The Balaban J connectivity index is 2.10. The lowest BCUT2D eigenvalue weighted by molar-refractivity contribution is 0.481. The van der Waals surface area contributed by atoms with E-state index in [9.17, 15) is 0 Å². The van der Waals surface area contributed by atoms with Crippen LogP contribution in [0.3, 0.4) is 0 Å². The molecule has 0 aliphatic heterocycles. The lowest BCUT2D eigenvalue weighted by Gasteiger charge is -2.20. The summed E-state index contributed by atoms with van der Waals surface area (Å²) in [5.74, 6) is 2.89. The number of anilines is 1. The molecule has 0 saturated heterocycles. The molecular weight excluding hydrogens is 250 g/mol. The number of rotatable bonds is 6. The van der Waals surface area contributed by atoms with E-state index in [1.807, 2.05) is 38.4 Å². The number of furan rings is 1. The molecule has 4 nitrogen and oxygen atoms in total. The summed E-state index contributed by atoms with van der Waals surface area (Å²) < 4.78 is 5.63. The standard InChI is InChI=1S/C16H23N3O/c1-12(2)18-10-14-6-5-9-17-16(14)19(4)11-15-8-7-13(3)20-15/h5-9,12,18H,10-11H2,1-4H3. The summed E-state index contributed by atoms with van der Waals surface area (Å²) in [4.78, 5) is 6.62. The van der Waals surface area contributed by atoms with Gasteiger partial charge in [-0.05, 0) is 25.1 Å². The molecule has 20 heavy (non-hydrogen) atoms. The van der Waals surface area contributed by atoms with Gasteiger partial charge in [0, 0.05) is 31.4 Å². The fourth-order valence-electron chi connectivity index (χ4n) is 2.10. The van der Waals surface area contributed by atoms with Crippen molar-refractivity contribution in [1.82, 2.24) is 10.3 Å². The van der Waals surface area contributed by atoms with Crippen LogP contribution < -0.4 is 10.2 Å². The van der Waals surface area contributed by atoms with E-state index < -0.39 is 0 Å². The van der Waals surface area contributed by atoms with Crippen molar-refractivity contribution in [3.8, 4) is 0 Å². The highest BCUT2D eigenvalue weighted by Crippen LogP contribution is 2.19. The minimum atomic E-state index is 0.459. The first-order valence-corrected chi connectivity index (χ1v) is 7.00. The molecule has 0 amide bonds. The summed E-state index contributed by atoms with van der Waals surface area (Å²) in [6.45, 7) is 7.79. The Morgan fingerprint density at radius 2 is 2.10 bits per heavy atom. The number of aromatic nitrogens is 1. The Labute approximate surface area is 120 Å². The van der Waals surface area contributed by atoms with Gasteiger partial charge in [0.25, 0.3) is 0 Å². The van der Waals surface area contributed by atoms with Gasteiger partial charge in [0.1, 0.15) is 17.3 Å². The summed E-state index contributed by atoms with van der Waals surface area (Å²) in [6, 6.07) is 8.55. The SMILES string of the molecule is Cc1ccc(CN(C)c2ncccc2CNC(C)C)o1. The van der Waals surface area contributed by atoms with Crippen LogP contribution in [-0.2, 0) is 13.1 Å². The smallest absolute Gasteiger partial charge is 0.133 e. The molecular formula is C16H23N3O. The minimum absolute atomic E-state index is 0.459. The average molecular weight is 273 g/mol. The summed E-state index contributed by atoms with van der Waals surface area (Å²) in [7, 11) is 2.04. The summed E-state index contributed by atoms with van der Waals surface area (Å²) in [6.07, 6.45) is 1.83. The van der Waals surface area contributed by atoms with Crippen LogP contribution in [0, 0.1) is 6.92 Å². The fraction of sp³-hybridized carbons (Fsp3) is 0.438. The first kappa shape index (κ1) is 14.6. The summed E-state index contributed by atoms with van der Waals surface area (Å²) in [5.41, 5.74) is 1.20. The van der Waals surface area contributed by atoms with Gasteiger partial charge < -0.3 is 14.6 Å². The number of hydrogen-bond donors (Lipinski definition) is 1. The van der Waals surface area contributed by atoms with Crippen LogP contribution in [0.15, 0.2) is 34.9 Å². The van der Waals surface area contributed by atoms with Crippen molar-refractivity contribution < 1.29 is 4.42 Å². The number of pyridine rings is 1. The van der Waals surface area contributed by atoms with Gasteiger partial charge in [-0.15, -0.1) is 0 Å². The Kier molecular flexibility index (Phi) is 4.79. The molecule has 1 N–H and O–H groups in total. The van der Waals surface area contributed by atoms with Crippen molar-refractivity contribution in [3.63, 3.8) is 0 Å². The molecule has 0 saturated carbocycles. The van der Waals surface area contributed by atoms with E-state index in [1.165, 1.54) is 5.56 Å². The highest BCUT2D eigenvalue weighted by Gasteiger charge is 2.11. The molecule has 0 aliphatic rings. The van der Waals surface area contributed by atoms with Crippen molar-refractivity contribution in [2.75, 3.05) is 11.9 Å². The van der Waals surface area contributed by atoms with Crippen molar-refractivity contribution in [3.05, 3.63) is 47.5 Å². The Bertz CT molecular complexity index is 548. The van der Waals surface area contributed by atoms with Gasteiger partial charge >= 0.3 is 0 Å². The second kappa shape index (κ2) is 6.57. The highest BCUT2D eigenvalue weighted by atomic mass is 16.3. The molecule has 0 spiro atoms. The second-order valence-corrected chi connectivity index (χ2v) is 5.39. The monoisotopic (exact) mass is 273 g/mol. The van der Waals surface area contributed by atoms with Crippen LogP contribution in [0.4, 0.5) is 5.82 Å². The maximum Gasteiger partial charge on any atom is 0.133 e. The first-order chi connectivity index (χ1) is 9.56. The first-order valence-electron chi connectivity index (χ1n) is 7.00. The van der Waals surface area contributed by atoms with E-state index in [2.05, 4.69) is 35.1 Å². The van der Waals surface area contributed by atoms with Gasteiger partial charge in [0.05, 0.1) is 6.54 Å². The van der Waals surface area contributed by atoms with Gasteiger partial charge in [-0.25, -0.2) is 4.98 Å². The molecule has 2 rings (SSSR count). The van der Waals surface area contributed by atoms with Crippen molar-refractivity contribution in [2.45, 2.75) is 39.9 Å². The predicted octanol–water partition coefficient (Wildman–Crippen LogP) is 3.12. The van der Waals surface area contributed by atoms with Crippen molar-refractivity contribution in [1.29, 1.82) is 0 Å². The quantitative estimate of drug-likeness (QED) is 0.878. The highest BCUT2D eigenvalue weighted by molar-refractivity contribution is 5.46. The molecule has 4 heteroatoms. The van der Waals surface area contributed by atoms with Crippen LogP contribution >= 0.6 is 0 Å². The van der Waals surface area contributed by atoms with Crippen LogP contribution in [0.2, 0.25) is 0 Å². The Morgan fingerprint density at radius 1 is 1.30 bits per heavy atom. The van der Waals surface area contributed by atoms with Crippen molar-refractivity contribution >= 4 is 5.82 Å². The zero-order chi connectivity index (χ0) is 14.5. The van der Waals surface area contributed by atoms with E-state index in [0.29, 0.717) is 6.04 Å². The van der Waals surface area contributed by atoms with Gasteiger partial charge in [-0.3, -0.25) is 0 Å². The molecule has 0 unspecified atom stereocenters. The third kappa shape index (κ3) is 3.84. The number of nitrogens with one attached hydrogen (secondary N) is 1. The molecule has 0 aliphatic carbocycles. The molecule has 2 heterocycles. The lowest BCUT2D eigenvalue weighted by Crippen LogP contribution is -2.25. The largest absolute Gasteiger partial charge is 0.464 e. The maximum absolute atomic E-state index is 5.63. The summed E-state index contributed by atoms with van der Waals surface area (Å²) in [5, 5.41) is 3.43. The molecule has 108 valence electrons. The van der Waals surface area contributed by atoms with Gasteiger partial charge in [0.15, 0.2) is 0 Å². The maximum atomic E-state index is 5.63. The zero-order valence-corrected chi connectivity index (χ0v) is 12.7. The second-order valence-electron chi connectivity index (χ2n) is 5.39. The van der Waals surface area contributed by atoms with Gasteiger partial charge in [-0.2, -0.15) is 0 Å². The zero-order valence-electron chi connectivity index (χ0n) is 12.7. The molecule has 0 atom stereocenters. The van der Waals surface area contributed by atoms with Crippen LogP contribution in [0.1, 0.15) is 30.9 Å². The summed E-state index contributed by atoms with van der Waals surface area (Å²) >= 11 is 0. The molecule has 0 fully saturated rings. The van der Waals surface area contributed by atoms with Crippen LogP contribution in [-0.4, -0.2) is 18.1 Å². The number of nitrogens with zero attached hydrogens (tertiary/aromatic N) is 2. The van der Waals surface area contributed by atoms with E-state index >= 15 is 0 Å². The number of aryl methyl sites for hydroxylation is 1. The third-order valence-electron chi connectivity index (χ3n) is 3.12. The molecule has 0 radical (unpaired) electrons. The topological polar surface area (TPSA) is 41.3 Å². The minimum Gasteiger partial charge on any atom is -0.464 e. The van der Waals surface area contributed by atoms with E-state index in [0.717, 1.165) is 30.4 Å². The van der Waals surface area contributed by atoms with Crippen LogP contribution in [0.5, 0.6) is 0 Å². The molecule has 2 aromatic rings. The van der Waals surface area contributed by atoms with E-state index in [4.69, 9.17) is 4.42 Å². The predicted molar refractivity (Wildman–Crippen MR) is 81.8 cm³/mol. The molecule has 0 aromatic carbocycles. The molecule has 0 bridgehead atoms.